The van der Waals surface area contributed by atoms with E-state index in [9.17, 15) is 18.0 Å². The smallest absolute Gasteiger partial charge is 0.259 e. The molecule has 0 spiro atoms. The maximum atomic E-state index is 13.9. The number of anilines is 1. The Labute approximate surface area is 154 Å². The molecule has 0 fully saturated rings. The molecule has 1 N–H and O–H groups in total. The number of hydrogen-bond acceptors (Lipinski definition) is 2. The molecule has 0 saturated heterocycles. The predicted octanol–water partition coefficient (Wildman–Crippen LogP) is 4.45. The van der Waals surface area contributed by atoms with Crippen LogP contribution in [0.2, 0.25) is 0 Å². The average Bonchev–Trinajstić information content (AvgIpc) is 2.94. The van der Waals surface area contributed by atoms with Gasteiger partial charge in [-0.1, -0.05) is 12.1 Å². The van der Waals surface area contributed by atoms with Gasteiger partial charge in [0.05, 0.1) is 21.0 Å². The zero-order valence-electron chi connectivity index (χ0n) is 12.9. The molecule has 0 radical (unpaired) electrons. The third kappa shape index (κ3) is 3.39. The van der Waals surface area contributed by atoms with E-state index >= 15 is 0 Å². The third-order valence-corrected chi connectivity index (χ3v) is 4.61. The second-order valence-corrected chi connectivity index (χ2v) is 6.29. The van der Waals surface area contributed by atoms with Gasteiger partial charge in [0.1, 0.15) is 23.1 Å². The van der Waals surface area contributed by atoms with Crippen LogP contribution in [-0.2, 0) is 0 Å². The second kappa shape index (κ2) is 6.87. The van der Waals surface area contributed by atoms with Crippen molar-refractivity contribution in [3.05, 3.63) is 74.9 Å². The standard InChI is InChI=1S/C17H11F3IN3O/c1-9-11(8-22-24(9)15-5-3-2-4-12(15)18)17(25)23-10-6-13(19)16(21)14(20)7-10/h2-8H,1H3,(H,23,25). The van der Waals surface area contributed by atoms with Crippen molar-refractivity contribution in [1.29, 1.82) is 0 Å². The monoisotopic (exact) mass is 457 g/mol. The Bertz CT molecular complexity index is 949. The lowest BCUT2D eigenvalue weighted by molar-refractivity contribution is 0.102. The van der Waals surface area contributed by atoms with Crippen LogP contribution in [0.3, 0.4) is 0 Å². The number of carbonyl (C=O) groups excluding carboxylic acids is 1. The van der Waals surface area contributed by atoms with Gasteiger partial charge >= 0.3 is 0 Å². The minimum Gasteiger partial charge on any atom is -0.322 e. The number of rotatable bonds is 3. The fraction of sp³-hybridized carbons (Fsp3) is 0.0588. The summed E-state index contributed by atoms with van der Waals surface area (Å²) >= 11 is 1.54. The summed E-state index contributed by atoms with van der Waals surface area (Å²) < 4.78 is 42.2. The van der Waals surface area contributed by atoms with Crippen LogP contribution in [0.25, 0.3) is 5.69 Å². The summed E-state index contributed by atoms with van der Waals surface area (Å²) in [7, 11) is 0. The Hall–Kier alpha value is -2.36. The minimum absolute atomic E-state index is 0.0153. The quantitative estimate of drug-likeness (QED) is 0.467. The van der Waals surface area contributed by atoms with Crippen LogP contribution in [0, 0.1) is 27.9 Å². The number of halogens is 4. The Morgan fingerprint density at radius 2 is 1.76 bits per heavy atom. The summed E-state index contributed by atoms with van der Waals surface area (Å²) in [5.74, 6) is -2.62. The van der Waals surface area contributed by atoms with E-state index in [0.29, 0.717) is 5.69 Å². The van der Waals surface area contributed by atoms with Crippen LogP contribution in [0.1, 0.15) is 16.1 Å². The maximum Gasteiger partial charge on any atom is 0.259 e. The lowest BCUT2D eigenvalue weighted by Gasteiger charge is -2.08. The number of para-hydroxylation sites is 1. The fourth-order valence-electron chi connectivity index (χ4n) is 2.33. The Kier molecular flexibility index (Phi) is 4.80. The first kappa shape index (κ1) is 17.5. The zero-order chi connectivity index (χ0) is 18.1. The van der Waals surface area contributed by atoms with Crippen molar-refractivity contribution in [1.82, 2.24) is 9.78 Å². The number of hydrogen-bond donors (Lipinski definition) is 1. The molecule has 1 heterocycles. The topological polar surface area (TPSA) is 46.9 Å². The number of amides is 1. The van der Waals surface area contributed by atoms with E-state index in [1.807, 2.05) is 0 Å². The first-order valence-electron chi connectivity index (χ1n) is 7.14. The molecule has 8 heteroatoms. The summed E-state index contributed by atoms with van der Waals surface area (Å²) in [6, 6.07) is 8.06. The van der Waals surface area contributed by atoms with Crippen LogP contribution in [0.4, 0.5) is 18.9 Å². The molecule has 0 unspecified atom stereocenters. The van der Waals surface area contributed by atoms with E-state index in [4.69, 9.17) is 0 Å². The predicted molar refractivity (Wildman–Crippen MR) is 95.3 cm³/mol. The summed E-state index contributed by atoms with van der Waals surface area (Å²) in [6.45, 7) is 1.60. The Morgan fingerprint density at radius 1 is 1.12 bits per heavy atom. The molecule has 25 heavy (non-hydrogen) atoms. The molecule has 0 saturated carbocycles. The molecule has 128 valence electrons. The average molecular weight is 457 g/mol. The molecular formula is C17H11F3IN3O. The molecule has 3 rings (SSSR count). The van der Waals surface area contributed by atoms with Crippen molar-refractivity contribution in [3.8, 4) is 5.69 Å². The molecule has 0 aliphatic heterocycles. The van der Waals surface area contributed by atoms with Crippen LogP contribution in [-0.4, -0.2) is 15.7 Å². The Morgan fingerprint density at radius 3 is 2.40 bits per heavy atom. The van der Waals surface area contributed by atoms with Crippen LogP contribution < -0.4 is 5.32 Å². The van der Waals surface area contributed by atoms with Gasteiger partial charge < -0.3 is 5.32 Å². The van der Waals surface area contributed by atoms with E-state index < -0.39 is 23.4 Å². The van der Waals surface area contributed by atoms with E-state index in [-0.39, 0.29) is 20.5 Å². The maximum absolute atomic E-state index is 13.9. The zero-order valence-corrected chi connectivity index (χ0v) is 15.0. The first-order chi connectivity index (χ1) is 11.9. The fourth-order valence-corrected chi connectivity index (χ4v) is 2.64. The van der Waals surface area contributed by atoms with Gasteiger partial charge in [-0.2, -0.15) is 5.10 Å². The van der Waals surface area contributed by atoms with E-state index in [1.54, 1.807) is 19.1 Å². The number of nitrogens with one attached hydrogen (secondary N) is 1. The van der Waals surface area contributed by atoms with Crippen molar-refractivity contribution in [2.24, 2.45) is 0 Å². The van der Waals surface area contributed by atoms with Gasteiger partial charge in [-0.3, -0.25) is 4.79 Å². The molecule has 0 bridgehead atoms. The molecule has 0 atom stereocenters. The molecule has 4 nitrogen and oxygen atoms in total. The highest BCUT2D eigenvalue weighted by Gasteiger charge is 2.18. The lowest BCUT2D eigenvalue weighted by Crippen LogP contribution is -2.14. The van der Waals surface area contributed by atoms with Crippen molar-refractivity contribution in [2.75, 3.05) is 5.32 Å². The second-order valence-electron chi connectivity index (χ2n) is 5.21. The van der Waals surface area contributed by atoms with Crippen LogP contribution >= 0.6 is 22.6 Å². The highest BCUT2D eigenvalue weighted by molar-refractivity contribution is 14.1. The molecule has 2 aromatic carbocycles. The van der Waals surface area contributed by atoms with Gasteiger partial charge in [0, 0.05) is 5.69 Å². The summed E-state index contributed by atoms with van der Waals surface area (Å²) in [6.07, 6.45) is 1.27. The molecule has 1 aromatic heterocycles. The van der Waals surface area contributed by atoms with E-state index in [1.165, 1.54) is 45.6 Å². The van der Waals surface area contributed by atoms with Gasteiger partial charge in [0.15, 0.2) is 0 Å². The summed E-state index contributed by atoms with van der Waals surface area (Å²) in [5, 5.41) is 6.44. The summed E-state index contributed by atoms with van der Waals surface area (Å²) in [5.41, 5.74) is 0.750. The molecule has 3 aromatic rings. The summed E-state index contributed by atoms with van der Waals surface area (Å²) in [4.78, 5) is 12.4. The van der Waals surface area contributed by atoms with Crippen molar-refractivity contribution in [3.63, 3.8) is 0 Å². The van der Waals surface area contributed by atoms with Crippen molar-refractivity contribution in [2.45, 2.75) is 6.92 Å². The van der Waals surface area contributed by atoms with Crippen molar-refractivity contribution >= 4 is 34.2 Å². The number of aromatic nitrogens is 2. The SMILES string of the molecule is Cc1c(C(=O)Nc2cc(F)c(I)c(F)c2)cnn1-c1ccccc1F. The van der Waals surface area contributed by atoms with Gasteiger partial charge in [0.25, 0.3) is 5.91 Å². The van der Waals surface area contributed by atoms with Gasteiger partial charge in [-0.15, -0.1) is 0 Å². The van der Waals surface area contributed by atoms with Gasteiger partial charge in [0.2, 0.25) is 0 Å². The Balaban J connectivity index is 1.91. The third-order valence-electron chi connectivity index (χ3n) is 3.58. The van der Waals surface area contributed by atoms with E-state index in [2.05, 4.69) is 10.4 Å². The highest BCUT2D eigenvalue weighted by atomic mass is 127. The largest absolute Gasteiger partial charge is 0.322 e. The van der Waals surface area contributed by atoms with Gasteiger partial charge in [-0.25, -0.2) is 17.9 Å². The van der Waals surface area contributed by atoms with Crippen LogP contribution in [0.5, 0.6) is 0 Å². The normalized spacial score (nSPS) is 10.8. The molecule has 0 aliphatic carbocycles. The van der Waals surface area contributed by atoms with Crippen LogP contribution in [0.15, 0.2) is 42.6 Å². The first-order valence-corrected chi connectivity index (χ1v) is 8.21. The number of carbonyl (C=O) groups is 1. The highest BCUT2D eigenvalue weighted by Crippen LogP contribution is 2.22. The molecular weight excluding hydrogens is 446 g/mol. The number of benzene rings is 2. The molecule has 0 aliphatic rings. The van der Waals surface area contributed by atoms with E-state index in [0.717, 1.165) is 12.1 Å². The molecule has 1 amide bonds. The number of nitrogens with zero attached hydrogens (tertiary/aromatic N) is 2. The lowest BCUT2D eigenvalue weighted by atomic mass is 10.2. The van der Waals surface area contributed by atoms with Gasteiger partial charge in [-0.05, 0) is 53.8 Å². The minimum atomic E-state index is -0.769. The van der Waals surface area contributed by atoms with Crippen molar-refractivity contribution < 1.29 is 18.0 Å².